The fraction of sp³-hybridized carbons (Fsp3) is 0.875. The van der Waals surface area contributed by atoms with Gasteiger partial charge in [-0.2, -0.15) is 0 Å². The zero-order chi connectivity index (χ0) is 26.7. The molecule has 0 spiro atoms. The highest BCUT2D eigenvalue weighted by molar-refractivity contribution is 6.09. The van der Waals surface area contributed by atoms with Crippen molar-refractivity contribution in [3.8, 4) is 0 Å². The SMILES string of the molecule is CCCCCCCCCCCC(=O)OC[C@H](O)[C@H]1OC(=O)C(O[C@H]2O[C@H](CO)[C@@H](O)[C@H](O)[C@H]2O)C1=O. The third kappa shape index (κ3) is 8.72. The summed E-state index contributed by atoms with van der Waals surface area (Å²) in [5.41, 5.74) is 0. The van der Waals surface area contributed by atoms with E-state index in [0.717, 1.165) is 19.3 Å². The third-order valence-electron chi connectivity index (χ3n) is 6.36. The first kappa shape index (κ1) is 30.6. The van der Waals surface area contributed by atoms with Crippen LogP contribution in [0.1, 0.15) is 71.1 Å². The van der Waals surface area contributed by atoms with Gasteiger partial charge < -0.3 is 44.5 Å². The Morgan fingerprint density at radius 1 is 0.944 bits per heavy atom. The molecule has 2 rings (SSSR count). The predicted molar refractivity (Wildman–Crippen MR) is 122 cm³/mol. The summed E-state index contributed by atoms with van der Waals surface area (Å²) in [5, 5.41) is 49.1. The summed E-state index contributed by atoms with van der Waals surface area (Å²) < 4.78 is 20.2. The molecule has 0 aromatic carbocycles. The van der Waals surface area contributed by atoms with Gasteiger partial charge in [0.1, 0.15) is 37.1 Å². The lowest BCUT2D eigenvalue weighted by molar-refractivity contribution is -0.305. The quantitative estimate of drug-likeness (QED) is 0.0997. The van der Waals surface area contributed by atoms with E-state index in [2.05, 4.69) is 6.92 Å². The summed E-state index contributed by atoms with van der Waals surface area (Å²) in [4.78, 5) is 36.6. The number of rotatable bonds is 16. The van der Waals surface area contributed by atoms with Crippen LogP contribution in [0, 0.1) is 0 Å². The van der Waals surface area contributed by atoms with Gasteiger partial charge in [0, 0.05) is 6.42 Å². The van der Waals surface area contributed by atoms with Crippen LogP contribution in [0.15, 0.2) is 0 Å². The van der Waals surface area contributed by atoms with Crippen LogP contribution < -0.4 is 0 Å². The lowest BCUT2D eigenvalue weighted by Crippen LogP contribution is -2.60. The summed E-state index contributed by atoms with van der Waals surface area (Å²) >= 11 is 0. The number of cyclic esters (lactones) is 1. The van der Waals surface area contributed by atoms with Crippen molar-refractivity contribution in [2.45, 2.75) is 120 Å². The summed E-state index contributed by atoms with van der Waals surface area (Å²) in [7, 11) is 0. The standard InChI is InChI=1S/C24H40O12/c1-2-3-4-5-6-7-8-9-10-11-16(27)33-13-14(26)21-20(31)22(23(32)35-21)36-24-19(30)18(29)17(28)15(12-25)34-24/h14-15,17-19,21-22,24-26,28-30H,2-13H2,1H3/t14-,15+,17+,18-,19+,21+,22?,24+/m0/s1. The highest BCUT2D eigenvalue weighted by Gasteiger charge is 2.52. The van der Waals surface area contributed by atoms with Gasteiger partial charge in [0.2, 0.25) is 11.9 Å². The number of hydrogen-bond acceptors (Lipinski definition) is 12. The smallest absolute Gasteiger partial charge is 0.344 e. The van der Waals surface area contributed by atoms with E-state index in [4.69, 9.17) is 18.9 Å². The summed E-state index contributed by atoms with van der Waals surface area (Å²) in [5.74, 6) is -2.69. The molecule has 2 aliphatic heterocycles. The second-order valence-corrected chi connectivity index (χ2v) is 9.30. The first-order chi connectivity index (χ1) is 17.2. The Bertz CT molecular complexity index is 699. The number of Topliss-reactive ketones (excluding diaryl/α,β-unsaturated/α-hetero) is 1. The van der Waals surface area contributed by atoms with Gasteiger partial charge in [-0.15, -0.1) is 0 Å². The maximum absolute atomic E-state index is 12.6. The van der Waals surface area contributed by atoms with Crippen molar-refractivity contribution in [1.29, 1.82) is 0 Å². The Morgan fingerprint density at radius 2 is 1.56 bits per heavy atom. The number of carbonyl (C=O) groups excluding carboxylic acids is 3. The molecule has 0 aliphatic carbocycles. The highest BCUT2D eigenvalue weighted by Crippen LogP contribution is 2.26. The lowest BCUT2D eigenvalue weighted by atomic mass is 9.99. The van der Waals surface area contributed by atoms with Gasteiger partial charge in [0.05, 0.1) is 6.61 Å². The first-order valence-corrected chi connectivity index (χ1v) is 12.7. The number of ketones is 1. The summed E-state index contributed by atoms with van der Waals surface area (Å²) in [6.07, 6.45) is -3.42. The van der Waals surface area contributed by atoms with Gasteiger partial charge in [0.15, 0.2) is 12.4 Å². The fourth-order valence-corrected chi connectivity index (χ4v) is 4.13. The Balaban J connectivity index is 1.71. The average molecular weight is 521 g/mol. The van der Waals surface area contributed by atoms with Crippen molar-refractivity contribution in [2.75, 3.05) is 13.2 Å². The largest absolute Gasteiger partial charge is 0.463 e. The maximum Gasteiger partial charge on any atom is 0.344 e. The summed E-state index contributed by atoms with van der Waals surface area (Å²) in [6, 6.07) is 0. The molecule has 0 aromatic heterocycles. The topological polar surface area (TPSA) is 189 Å². The molecule has 0 bridgehead atoms. The highest BCUT2D eigenvalue weighted by atomic mass is 16.7. The number of unbranched alkanes of at least 4 members (excludes halogenated alkanes) is 8. The minimum absolute atomic E-state index is 0.170. The van der Waals surface area contributed by atoms with Gasteiger partial charge in [0.25, 0.3) is 0 Å². The molecule has 0 radical (unpaired) electrons. The molecular weight excluding hydrogens is 480 g/mol. The van der Waals surface area contributed by atoms with Crippen LogP contribution in [0.3, 0.4) is 0 Å². The van der Waals surface area contributed by atoms with Crippen molar-refractivity contribution in [3.63, 3.8) is 0 Å². The van der Waals surface area contributed by atoms with Crippen molar-refractivity contribution < 1.29 is 58.9 Å². The van der Waals surface area contributed by atoms with Gasteiger partial charge in [-0.25, -0.2) is 4.79 Å². The number of carbonyl (C=O) groups is 3. The van der Waals surface area contributed by atoms with E-state index in [1.807, 2.05) is 0 Å². The Hall–Kier alpha value is -1.67. The van der Waals surface area contributed by atoms with E-state index in [-0.39, 0.29) is 6.42 Å². The third-order valence-corrected chi connectivity index (χ3v) is 6.36. The molecule has 1 unspecified atom stereocenters. The molecular formula is C24H40O12. The van der Waals surface area contributed by atoms with Crippen molar-refractivity contribution in [2.24, 2.45) is 0 Å². The van der Waals surface area contributed by atoms with Crippen LogP contribution >= 0.6 is 0 Å². The molecule has 8 atom stereocenters. The zero-order valence-corrected chi connectivity index (χ0v) is 20.7. The fourth-order valence-electron chi connectivity index (χ4n) is 4.13. The van der Waals surface area contributed by atoms with Crippen LogP contribution in [0.5, 0.6) is 0 Å². The van der Waals surface area contributed by atoms with Crippen LogP contribution in [0.25, 0.3) is 0 Å². The molecule has 2 fully saturated rings. The van der Waals surface area contributed by atoms with Crippen molar-refractivity contribution in [1.82, 2.24) is 0 Å². The Labute approximate surface area is 210 Å². The number of ether oxygens (including phenoxy) is 4. The van der Waals surface area contributed by atoms with Crippen molar-refractivity contribution >= 4 is 17.7 Å². The lowest BCUT2D eigenvalue weighted by Gasteiger charge is -2.39. The Kier molecular flexibility index (Phi) is 13.2. The van der Waals surface area contributed by atoms with Crippen LogP contribution in [0.2, 0.25) is 0 Å². The molecule has 0 saturated carbocycles. The minimum Gasteiger partial charge on any atom is -0.463 e. The maximum atomic E-state index is 12.6. The van der Waals surface area contributed by atoms with Gasteiger partial charge in [-0.1, -0.05) is 58.3 Å². The van der Waals surface area contributed by atoms with Crippen LogP contribution in [-0.4, -0.2) is 105 Å². The number of esters is 2. The van der Waals surface area contributed by atoms with Crippen LogP contribution in [-0.2, 0) is 33.3 Å². The first-order valence-electron chi connectivity index (χ1n) is 12.7. The monoisotopic (exact) mass is 520 g/mol. The molecule has 12 nitrogen and oxygen atoms in total. The van der Waals surface area contributed by atoms with Gasteiger partial charge in [-0.05, 0) is 6.42 Å². The van der Waals surface area contributed by atoms with Crippen LogP contribution in [0.4, 0.5) is 0 Å². The zero-order valence-electron chi connectivity index (χ0n) is 20.7. The molecule has 0 aromatic rings. The van der Waals surface area contributed by atoms with E-state index in [1.165, 1.54) is 32.1 Å². The van der Waals surface area contributed by atoms with Gasteiger partial charge >= 0.3 is 11.9 Å². The van der Waals surface area contributed by atoms with Gasteiger partial charge in [-0.3, -0.25) is 9.59 Å². The van der Waals surface area contributed by atoms with E-state index >= 15 is 0 Å². The minimum atomic E-state index is -1.89. The molecule has 2 saturated heterocycles. The van der Waals surface area contributed by atoms with Crippen molar-refractivity contribution in [3.05, 3.63) is 0 Å². The molecule has 0 amide bonds. The molecule has 5 N–H and O–H groups in total. The second kappa shape index (κ2) is 15.6. The molecule has 2 aliphatic rings. The number of hydrogen-bond donors (Lipinski definition) is 5. The normalized spacial score (nSPS) is 31.3. The molecule has 36 heavy (non-hydrogen) atoms. The summed E-state index contributed by atoms with van der Waals surface area (Å²) in [6.45, 7) is 0.891. The second-order valence-electron chi connectivity index (χ2n) is 9.30. The van der Waals surface area contributed by atoms with E-state index < -0.39 is 80.0 Å². The molecule has 2 heterocycles. The predicted octanol–water partition coefficient (Wildman–Crippen LogP) is -0.509. The molecule has 208 valence electrons. The number of aliphatic hydroxyl groups is 5. The number of aliphatic hydroxyl groups excluding tert-OH is 5. The van der Waals surface area contributed by atoms with E-state index in [1.54, 1.807) is 0 Å². The Morgan fingerprint density at radius 3 is 2.17 bits per heavy atom. The van der Waals surface area contributed by atoms with E-state index in [9.17, 15) is 39.9 Å². The molecule has 12 heteroatoms. The van der Waals surface area contributed by atoms with E-state index in [0.29, 0.717) is 6.42 Å². The average Bonchev–Trinajstić information content (AvgIpc) is 3.14.